The molecule has 0 atom stereocenters. The summed E-state index contributed by atoms with van der Waals surface area (Å²) >= 11 is 0. The van der Waals surface area contributed by atoms with E-state index in [9.17, 15) is 18.4 Å². The number of carbonyl (C=O) groups is 1. The minimum atomic E-state index is -1.00. The summed E-state index contributed by atoms with van der Waals surface area (Å²) in [4.78, 5) is 31.0. The highest BCUT2D eigenvalue weighted by Gasteiger charge is 2.17. The molecule has 0 unspecified atom stereocenters. The number of aromatic nitrogens is 3. The molecule has 1 amide bonds. The third-order valence-corrected chi connectivity index (χ3v) is 7.30. The number of nitrogens with zero attached hydrogens (tertiary/aromatic N) is 3. The molecule has 45 heavy (non-hydrogen) atoms. The maximum Gasteiger partial charge on any atom is 0.263 e. The van der Waals surface area contributed by atoms with Crippen LogP contribution in [0.5, 0.6) is 5.75 Å². The minimum absolute atomic E-state index is 0.0134. The van der Waals surface area contributed by atoms with E-state index in [0.29, 0.717) is 11.3 Å². The number of rotatable bonds is 9. The second kappa shape index (κ2) is 12.6. The van der Waals surface area contributed by atoms with Crippen LogP contribution in [-0.4, -0.2) is 26.1 Å². The Bertz CT molecular complexity index is 2070. The largest absolute Gasteiger partial charge is 0.491 e. The van der Waals surface area contributed by atoms with Gasteiger partial charge in [-0.3, -0.25) is 9.59 Å². The average molecular weight is 605 g/mol. The van der Waals surface area contributed by atoms with Crippen LogP contribution in [0.3, 0.4) is 0 Å². The summed E-state index contributed by atoms with van der Waals surface area (Å²) in [5, 5.41) is 3.82. The van der Waals surface area contributed by atoms with Gasteiger partial charge >= 0.3 is 0 Å². The summed E-state index contributed by atoms with van der Waals surface area (Å²) < 4.78 is 36.5. The first kappa shape index (κ1) is 29.5. The lowest BCUT2D eigenvalue weighted by Gasteiger charge is -2.14. The fourth-order valence-corrected chi connectivity index (χ4v) is 5.28. The molecule has 0 aliphatic rings. The molecule has 3 aromatic heterocycles. The van der Waals surface area contributed by atoms with Gasteiger partial charge in [-0.15, -0.1) is 0 Å². The highest BCUT2D eigenvalue weighted by Crippen LogP contribution is 2.34. The Morgan fingerprint density at radius 2 is 1.73 bits per heavy atom. The van der Waals surface area contributed by atoms with Crippen molar-refractivity contribution in [1.29, 1.82) is 0 Å². The minimum Gasteiger partial charge on any atom is -0.491 e. The number of ether oxygens (including phenoxy) is 1. The number of para-hydroxylation sites is 1. The van der Waals surface area contributed by atoms with E-state index in [4.69, 9.17) is 4.74 Å². The van der Waals surface area contributed by atoms with E-state index in [1.165, 1.54) is 22.9 Å². The summed E-state index contributed by atoms with van der Waals surface area (Å²) in [6.07, 6.45) is 5.23. The third-order valence-electron chi connectivity index (χ3n) is 7.30. The van der Waals surface area contributed by atoms with Crippen molar-refractivity contribution < 1.29 is 18.3 Å². The van der Waals surface area contributed by atoms with E-state index in [2.05, 4.69) is 10.3 Å². The first-order valence-corrected chi connectivity index (χ1v) is 14.5. The van der Waals surface area contributed by atoms with Crippen molar-refractivity contribution in [2.24, 2.45) is 0 Å². The first-order valence-electron chi connectivity index (χ1n) is 14.5. The van der Waals surface area contributed by atoms with E-state index in [1.807, 2.05) is 85.3 Å². The molecule has 7 nitrogen and oxygen atoms in total. The van der Waals surface area contributed by atoms with E-state index in [0.717, 1.165) is 45.5 Å². The molecule has 0 aliphatic carbocycles. The van der Waals surface area contributed by atoms with E-state index in [1.54, 1.807) is 12.3 Å². The number of pyridine rings is 2. The van der Waals surface area contributed by atoms with E-state index >= 15 is 0 Å². The average Bonchev–Trinajstić information content (AvgIpc) is 3.42. The van der Waals surface area contributed by atoms with Crippen molar-refractivity contribution in [2.45, 2.75) is 33.0 Å². The molecule has 3 heterocycles. The van der Waals surface area contributed by atoms with Gasteiger partial charge in [0.2, 0.25) is 0 Å². The van der Waals surface area contributed by atoms with Gasteiger partial charge in [0.05, 0.1) is 12.6 Å². The zero-order chi connectivity index (χ0) is 31.5. The molecule has 6 aromatic rings. The maximum absolute atomic E-state index is 13.7. The van der Waals surface area contributed by atoms with Crippen molar-refractivity contribution in [3.63, 3.8) is 0 Å². The van der Waals surface area contributed by atoms with Gasteiger partial charge in [-0.25, -0.2) is 13.8 Å². The number of benzene rings is 3. The molecular formula is C36H30F2N4O3. The Morgan fingerprint density at radius 3 is 2.51 bits per heavy atom. The van der Waals surface area contributed by atoms with Gasteiger partial charge in [-0.05, 0) is 97.3 Å². The molecule has 0 saturated carbocycles. The SMILES string of the molecule is CC(C)Oc1cc(CNC(=O)c2cccn(Cc3ccc(F)c(F)c3)c2=O)cc(-c2cn(-c3ccccc3)c3ncccc23)c1. The number of nitrogens with one attached hydrogen (secondary N) is 1. The van der Waals surface area contributed by atoms with Crippen LogP contribution in [-0.2, 0) is 13.1 Å². The molecular weight excluding hydrogens is 574 g/mol. The third kappa shape index (κ3) is 6.38. The van der Waals surface area contributed by atoms with Crippen LogP contribution in [0.4, 0.5) is 8.78 Å². The zero-order valence-corrected chi connectivity index (χ0v) is 24.7. The Balaban J connectivity index is 1.29. The Kier molecular flexibility index (Phi) is 8.24. The number of hydrogen-bond acceptors (Lipinski definition) is 4. The molecule has 0 spiro atoms. The van der Waals surface area contributed by atoms with Gasteiger partial charge in [-0.1, -0.05) is 24.3 Å². The highest BCUT2D eigenvalue weighted by atomic mass is 19.2. The predicted molar refractivity (Wildman–Crippen MR) is 170 cm³/mol. The van der Waals surface area contributed by atoms with Gasteiger partial charge in [0.25, 0.3) is 11.5 Å². The number of hydrogen-bond donors (Lipinski definition) is 1. The molecule has 0 bridgehead atoms. The fourth-order valence-electron chi connectivity index (χ4n) is 5.28. The molecule has 0 radical (unpaired) electrons. The molecule has 0 aliphatic heterocycles. The van der Waals surface area contributed by atoms with Crippen LogP contribution in [0.1, 0.15) is 35.3 Å². The standard InChI is InChI=1S/C36H30F2N4O3/c1-23(2)45-28-17-25(16-26(19-28)31-22-42(27-8-4-3-5-9-27)34-29(31)10-6-14-39-34)20-40-35(43)30-11-7-15-41(36(30)44)21-24-12-13-32(37)33(38)18-24/h3-19,22-23H,20-21H2,1-2H3,(H,40,43). The quantitative estimate of drug-likeness (QED) is 0.195. The molecule has 0 saturated heterocycles. The summed E-state index contributed by atoms with van der Waals surface area (Å²) in [5.41, 5.74) is 4.20. The number of carbonyl (C=O) groups excluding carboxylic acids is 1. The van der Waals surface area contributed by atoms with Gasteiger partial charge in [0, 0.05) is 41.8 Å². The number of amides is 1. The van der Waals surface area contributed by atoms with Crippen molar-refractivity contribution in [1.82, 2.24) is 19.4 Å². The molecule has 9 heteroatoms. The Morgan fingerprint density at radius 1 is 0.911 bits per heavy atom. The van der Waals surface area contributed by atoms with Gasteiger partial charge in [0.15, 0.2) is 11.6 Å². The van der Waals surface area contributed by atoms with Gasteiger partial charge in [0.1, 0.15) is 17.0 Å². The summed E-state index contributed by atoms with van der Waals surface area (Å²) in [7, 11) is 0. The number of fused-ring (bicyclic) bond motifs is 1. The van der Waals surface area contributed by atoms with Crippen LogP contribution in [0.2, 0.25) is 0 Å². The van der Waals surface area contributed by atoms with E-state index < -0.39 is 23.1 Å². The molecule has 0 fully saturated rings. The summed E-state index contributed by atoms with van der Waals surface area (Å²) in [6, 6.07) is 26.2. The zero-order valence-electron chi connectivity index (χ0n) is 24.7. The van der Waals surface area contributed by atoms with Gasteiger partial charge in [-0.2, -0.15) is 0 Å². The molecule has 6 rings (SSSR count). The maximum atomic E-state index is 13.7. The molecule has 226 valence electrons. The topological polar surface area (TPSA) is 78.1 Å². The highest BCUT2D eigenvalue weighted by molar-refractivity contribution is 5.96. The molecule has 1 N–H and O–H groups in total. The van der Waals surface area contributed by atoms with Crippen molar-refractivity contribution in [2.75, 3.05) is 0 Å². The molecule has 3 aromatic carbocycles. The number of halogens is 2. The van der Waals surface area contributed by atoms with Crippen molar-refractivity contribution in [3.8, 4) is 22.6 Å². The van der Waals surface area contributed by atoms with Crippen molar-refractivity contribution >= 4 is 16.9 Å². The lowest BCUT2D eigenvalue weighted by Crippen LogP contribution is -2.32. The van der Waals surface area contributed by atoms with E-state index in [-0.39, 0.29) is 24.8 Å². The Hall–Kier alpha value is -5.57. The smallest absolute Gasteiger partial charge is 0.263 e. The normalized spacial score (nSPS) is 11.2. The second-order valence-corrected chi connectivity index (χ2v) is 10.9. The van der Waals surface area contributed by atoms with Crippen LogP contribution < -0.4 is 15.6 Å². The first-order chi connectivity index (χ1) is 21.8. The lowest BCUT2D eigenvalue weighted by atomic mass is 10.0. The monoisotopic (exact) mass is 604 g/mol. The Labute approximate surface area is 258 Å². The van der Waals surface area contributed by atoms with Crippen LogP contribution in [0.15, 0.2) is 114 Å². The van der Waals surface area contributed by atoms with Crippen LogP contribution in [0.25, 0.3) is 27.8 Å². The second-order valence-electron chi connectivity index (χ2n) is 10.9. The fraction of sp³-hybridized carbons (Fsp3) is 0.139. The van der Waals surface area contributed by atoms with Crippen molar-refractivity contribution in [3.05, 3.63) is 148 Å². The summed E-state index contributed by atoms with van der Waals surface area (Å²) in [5.74, 6) is -1.88. The lowest BCUT2D eigenvalue weighted by molar-refractivity contribution is 0.0948. The van der Waals surface area contributed by atoms with Gasteiger partial charge < -0.3 is 19.2 Å². The van der Waals surface area contributed by atoms with Crippen LogP contribution >= 0.6 is 0 Å². The predicted octanol–water partition coefficient (Wildman–Crippen LogP) is 6.90. The van der Waals surface area contributed by atoms with Crippen LogP contribution in [0, 0.1) is 11.6 Å². The summed E-state index contributed by atoms with van der Waals surface area (Å²) in [6.45, 7) is 4.01.